The Morgan fingerprint density at radius 2 is 1.83 bits per heavy atom. The van der Waals surface area contributed by atoms with E-state index < -0.39 is 0 Å². The van der Waals surface area contributed by atoms with Crippen molar-refractivity contribution in [2.45, 2.75) is 20.3 Å². The maximum absolute atomic E-state index is 12.1. The van der Waals surface area contributed by atoms with Gasteiger partial charge in [-0.05, 0) is 11.4 Å². The van der Waals surface area contributed by atoms with Gasteiger partial charge in [0.15, 0.2) is 0 Å². The third kappa shape index (κ3) is 4.79. The monoisotopic (exact) mass is 337 g/mol. The van der Waals surface area contributed by atoms with Gasteiger partial charge in [-0.1, -0.05) is 13.8 Å². The average molecular weight is 337 g/mol. The molecule has 0 bridgehead atoms. The molecule has 3 amide bonds. The second-order valence-corrected chi connectivity index (χ2v) is 6.66. The molecule has 1 aromatic rings. The van der Waals surface area contributed by atoms with E-state index in [0.29, 0.717) is 38.3 Å². The fourth-order valence-corrected chi connectivity index (χ4v) is 3.11. The Morgan fingerprint density at radius 1 is 1.17 bits per heavy atom. The van der Waals surface area contributed by atoms with Crippen LogP contribution in [0.3, 0.4) is 0 Å². The molecule has 0 aromatic carbocycles. The largest absolute Gasteiger partial charge is 0.351 e. The first kappa shape index (κ1) is 17.5. The van der Waals surface area contributed by atoms with E-state index >= 15 is 0 Å². The molecule has 7 heteroatoms. The summed E-state index contributed by atoms with van der Waals surface area (Å²) in [4.78, 5) is 39.4. The molecule has 1 N–H and O–H groups in total. The van der Waals surface area contributed by atoms with Gasteiger partial charge in [0.05, 0.1) is 0 Å². The topological polar surface area (TPSA) is 69.7 Å². The Morgan fingerprint density at radius 3 is 2.39 bits per heavy atom. The molecule has 1 fully saturated rings. The lowest BCUT2D eigenvalue weighted by Gasteiger charge is -2.35. The van der Waals surface area contributed by atoms with E-state index in [-0.39, 0.29) is 30.1 Å². The number of rotatable bonds is 5. The Hall–Kier alpha value is -1.89. The minimum absolute atomic E-state index is 0.00966. The summed E-state index contributed by atoms with van der Waals surface area (Å²) in [5.41, 5.74) is 0.628. The number of carbonyl (C=O) groups excluding carboxylic acids is 3. The van der Waals surface area contributed by atoms with Crippen LogP contribution in [0.1, 0.15) is 30.6 Å². The van der Waals surface area contributed by atoms with Gasteiger partial charge in [-0.15, -0.1) is 0 Å². The number of nitrogens with zero attached hydrogens (tertiary/aromatic N) is 2. The van der Waals surface area contributed by atoms with E-state index in [4.69, 9.17) is 0 Å². The van der Waals surface area contributed by atoms with Crippen molar-refractivity contribution in [3.63, 3.8) is 0 Å². The third-order valence-electron chi connectivity index (χ3n) is 3.85. The van der Waals surface area contributed by atoms with Gasteiger partial charge in [0.25, 0.3) is 5.91 Å². The van der Waals surface area contributed by atoms with Crippen LogP contribution in [0.25, 0.3) is 0 Å². The maximum atomic E-state index is 12.1. The van der Waals surface area contributed by atoms with Gasteiger partial charge in [0, 0.05) is 56.0 Å². The highest BCUT2D eigenvalue weighted by Crippen LogP contribution is 2.08. The van der Waals surface area contributed by atoms with Gasteiger partial charge < -0.3 is 15.1 Å². The van der Waals surface area contributed by atoms with Crippen LogP contribution in [-0.4, -0.2) is 60.2 Å². The smallest absolute Gasteiger partial charge is 0.252 e. The van der Waals surface area contributed by atoms with Gasteiger partial charge in [-0.25, -0.2) is 0 Å². The molecule has 1 aliphatic heterocycles. The van der Waals surface area contributed by atoms with Gasteiger partial charge in [-0.2, -0.15) is 11.3 Å². The number of hydrogen-bond acceptors (Lipinski definition) is 4. The molecule has 0 aliphatic carbocycles. The van der Waals surface area contributed by atoms with Gasteiger partial charge in [0.1, 0.15) is 0 Å². The molecule has 1 aliphatic rings. The number of amides is 3. The Kier molecular flexibility index (Phi) is 6.15. The molecule has 0 unspecified atom stereocenters. The first-order valence-corrected chi connectivity index (χ1v) is 8.80. The van der Waals surface area contributed by atoms with E-state index in [1.54, 1.807) is 16.3 Å². The SMILES string of the molecule is CC(C)C(=O)N1CCN(C(=O)CCNC(=O)c2ccsc2)CC1. The highest BCUT2D eigenvalue weighted by molar-refractivity contribution is 7.08. The van der Waals surface area contributed by atoms with Gasteiger partial charge in [-0.3, -0.25) is 14.4 Å². The molecule has 1 saturated heterocycles. The molecular formula is C16H23N3O3S. The molecule has 2 rings (SSSR count). The molecule has 0 spiro atoms. The summed E-state index contributed by atoms with van der Waals surface area (Å²) in [6.45, 7) is 6.41. The summed E-state index contributed by atoms with van der Waals surface area (Å²) in [5.74, 6) is 0.00311. The predicted octanol–water partition coefficient (Wildman–Crippen LogP) is 1.19. The van der Waals surface area contributed by atoms with E-state index in [9.17, 15) is 14.4 Å². The standard InChI is InChI=1S/C16H23N3O3S/c1-12(2)16(22)19-8-6-18(7-9-19)14(20)3-5-17-15(21)13-4-10-23-11-13/h4,10-12H,3,5-9H2,1-2H3,(H,17,21). The number of piperazine rings is 1. The average Bonchev–Trinajstić information content (AvgIpc) is 3.08. The van der Waals surface area contributed by atoms with Crippen LogP contribution in [0, 0.1) is 5.92 Å². The minimum atomic E-state index is -0.147. The molecule has 0 saturated carbocycles. The highest BCUT2D eigenvalue weighted by atomic mass is 32.1. The number of thiophene rings is 1. The molecule has 0 radical (unpaired) electrons. The molecule has 126 valence electrons. The molecule has 2 heterocycles. The van der Waals surface area contributed by atoms with E-state index in [0.717, 1.165) is 0 Å². The summed E-state index contributed by atoms with van der Waals surface area (Å²) in [6, 6.07) is 1.76. The summed E-state index contributed by atoms with van der Waals surface area (Å²) in [5, 5.41) is 6.38. The van der Waals surface area contributed by atoms with E-state index in [2.05, 4.69) is 5.32 Å². The van der Waals surface area contributed by atoms with Gasteiger partial charge >= 0.3 is 0 Å². The van der Waals surface area contributed by atoms with Gasteiger partial charge in [0.2, 0.25) is 11.8 Å². The third-order valence-corrected chi connectivity index (χ3v) is 4.53. The zero-order chi connectivity index (χ0) is 16.8. The Labute approximate surface area is 140 Å². The van der Waals surface area contributed by atoms with Crippen molar-refractivity contribution in [2.75, 3.05) is 32.7 Å². The maximum Gasteiger partial charge on any atom is 0.252 e. The van der Waals surface area contributed by atoms with Crippen molar-refractivity contribution in [3.8, 4) is 0 Å². The van der Waals surface area contributed by atoms with Crippen molar-refractivity contribution in [1.29, 1.82) is 0 Å². The predicted molar refractivity (Wildman–Crippen MR) is 89.3 cm³/mol. The van der Waals surface area contributed by atoms with Crippen molar-refractivity contribution in [1.82, 2.24) is 15.1 Å². The highest BCUT2D eigenvalue weighted by Gasteiger charge is 2.25. The second kappa shape index (κ2) is 8.10. The normalized spacial score (nSPS) is 14.9. The number of hydrogen-bond donors (Lipinski definition) is 1. The van der Waals surface area contributed by atoms with Crippen molar-refractivity contribution >= 4 is 29.1 Å². The zero-order valence-corrected chi connectivity index (χ0v) is 14.4. The molecule has 6 nitrogen and oxygen atoms in total. The lowest BCUT2D eigenvalue weighted by Crippen LogP contribution is -2.51. The molecule has 23 heavy (non-hydrogen) atoms. The summed E-state index contributed by atoms with van der Waals surface area (Å²) >= 11 is 1.47. The van der Waals surface area contributed by atoms with Crippen LogP contribution in [0.2, 0.25) is 0 Å². The quantitative estimate of drug-likeness (QED) is 0.877. The molecule has 0 atom stereocenters. The van der Waals surface area contributed by atoms with Crippen LogP contribution >= 0.6 is 11.3 Å². The number of carbonyl (C=O) groups is 3. The summed E-state index contributed by atoms with van der Waals surface area (Å²) in [6.07, 6.45) is 0.286. The Balaban J connectivity index is 1.69. The van der Waals surface area contributed by atoms with Crippen molar-refractivity contribution in [3.05, 3.63) is 22.4 Å². The summed E-state index contributed by atoms with van der Waals surface area (Å²) in [7, 11) is 0. The van der Waals surface area contributed by atoms with E-state index in [1.807, 2.05) is 24.1 Å². The zero-order valence-electron chi connectivity index (χ0n) is 13.6. The lowest BCUT2D eigenvalue weighted by atomic mass is 10.1. The number of nitrogens with one attached hydrogen (secondary N) is 1. The van der Waals surface area contributed by atoms with Crippen LogP contribution in [0.4, 0.5) is 0 Å². The van der Waals surface area contributed by atoms with Crippen molar-refractivity contribution < 1.29 is 14.4 Å². The van der Waals surface area contributed by atoms with E-state index in [1.165, 1.54) is 11.3 Å². The molecule has 1 aromatic heterocycles. The first-order valence-electron chi connectivity index (χ1n) is 7.86. The molecular weight excluding hydrogens is 314 g/mol. The van der Waals surface area contributed by atoms with Crippen LogP contribution < -0.4 is 5.32 Å². The first-order chi connectivity index (χ1) is 11.0. The Bertz CT molecular complexity index is 549. The minimum Gasteiger partial charge on any atom is -0.351 e. The fourth-order valence-electron chi connectivity index (χ4n) is 2.48. The van der Waals surface area contributed by atoms with Crippen LogP contribution in [-0.2, 0) is 9.59 Å². The van der Waals surface area contributed by atoms with Crippen LogP contribution in [0.5, 0.6) is 0 Å². The fraction of sp³-hybridized carbons (Fsp3) is 0.562. The summed E-state index contributed by atoms with van der Waals surface area (Å²) < 4.78 is 0. The van der Waals surface area contributed by atoms with Crippen molar-refractivity contribution in [2.24, 2.45) is 5.92 Å². The second-order valence-electron chi connectivity index (χ2n) is 5.88. The van der Waals surface area contributed by atoms with Crippen LogP contribution in [0.15, 0.2) is 16.8 Å². The lowest BCUT2D eigenvalue weighted by molar-refractivity contribution is -0.141.